The molecule has 0 fully saturated rings. The summed E-state index contributed by atoms with van der Waals surface area (Å²) < 4.78 is 0. The number of hydrogen-bond acceptors (Lipinski definition) is 8. The molecule has 4 unspecified atom stereocenters. The summed E-state index contributed by atoms with van der Waals surface area (Å²) in [7, 11) is 0. The molecular formula is C22H32N4O9. The lowest BCUT2D eigenvalue weighted by molar-refractivity contribution is -0.144. The number of phenols is 1. The Morgan fingerprint density at radius 3 is 1.86 bits per heavy atom. The minimum absolute atomic E-state index is 0.0112. The van der Waals surface area contributed by atoms with Crippen molar-refractivity contribution < 1.29 is 44.4 Å². The predicted molar refractivity (Wildman–Crippen MR) is 122 cm³/mol. The van der Waals surface area contributed by atoms with Crippen molar-refractivity contribution in [2.24, 2.45) is 11.7 Å². The predicted octanol–water partition coefficient (Wildman–Crippen LogP) is -1.69. The maximum Gasteiger partial charge on any atom is 0.328 e. The average molecular weight is 497 g/mol. The van der Waals surface area contributed by atoms with Crippen LogP contribution in [0.2, 0.25) is 0 Å². The summed E-state index contributed by atoms with van der Waals surface area (Å²) in [6.45, 7) is 2.50. The largest absolute Gasteiger partial charge is 0.508 e. The molecule has 194 valence electrons. The van der Waals surface area contributed by atoms with E-state index in [1.165, 1.54) is 24.3 Å². The molecule has 0 aliphatic rings. The fourth-order valence-corrected chi connectivity index (χ4v) is 2.91. The van der Waals surface area contributed by atoms with Gasteiger partial charge in [-0.05, 0) is 30.0 Å². The lowest BCUT2D eigenvalue weighted by atomic mass is 10.0. The smallest absolute Gasteiger partial charge is 0.328 e. The number of aliphatic hydroxyl groups excluding tert-OH is 1. The van der Waals surface area contributed by atoms with Crippen molar-refractivity contribution in [2.75, 3.05) is 6.61 Å². The molecule has 35 heavy (non-hydrogen) atoms. The zero-order valence-corrected chi connectivity index (χ0v) is 19.4. The van der Waals surface area contributed by atoms with Crippen LogP contribution in [0, 0.1) is 5.92 Å². The van der Waals surface area contributed by atoms with E-state index in [9.17, 15) is 29.1 Å². The minimum atomic E-state index is -1.66. The van der Waals surface area contributed by atoms with Gasteiger partial charge in [-0.25, -0.2) is 4.79 Å². The van der Waals surface area contributed by atoms with E-state index in [2.05, 4.69) is 10.6 Å². The number of aliphatic hydroxyl groups is 1. The minimum Gasteiger partial charge on any atom is -0.508 e. The zero-order chi connectivity index (χ0) is 26.7. The summed E-state index contributed by atoms with van der Waals surface area (Å²) in [5, 5.41) is 43.5. The fourth-order valence-electron chi connectivity index (χ4n) is 2.91. The molecule has 0 aliphatic carbocycles. The maximum absolute atomic E-state index is 13.1. The number of rotatable bonds is 14. The Morgan fingerprint density at radius 1 is 0.857 bits per heavy atom. The number of nitrogens with two attached hydrogens (primary N) is 1. The molecule has 0 aliphatic heterocycles. The van der Waals surface area contributed by atoms with Gasteiger partial charge in [0.25, 0.3) is 0 Å². The molecule has 13 nitrogen and oxygen atoms in total. The molecule has 0 radical (unpaired) electrons. The van der Waals surface area contributed by atoms with Crippen molar-refractivity contribution in [2.45, 2.75) is 57.3 Å². The Hall–Kier alpha value is -3.71. The van der Waals surface area contributed by atoms with Gasteiger partial charge < -0.3 is 42.1 Å². The molecule has 3 amide bonds. The number of nitrogens with one attached hydrogen (secondary N) is 3. The van der Waals surface area contributed by atoms with E-state index in [1.807, 2.05) is 5.32 Å². The summed E-state index contributed by atoms with van der Waals surface area (Å²) in [5.74, 6) is -5.53. The number of carbonyl (C=O) groups excluding carboxylic acids is 3. The second-order valence-electron chi connectivity index (χ2n) is 8.28. The van der Waals surface area contributed by atoms with E-state index in [0.717, 1.165) is 0 Å². The SMILES string of the molecule is CC(C)C(N)C(=O)NC(Cc1ccc(O)cc1)C(=O)NC(CCC(=O)O)C(=O)NC(CO)C(=O)O. The molecular weight excluding hydrogens is 464 g/mol. The van der Waals surface area contributed by atoms with Crippen LogP contribution in [0.15, 0.2) is 24.3 Å². The van der Waals surface area contributed by atoms with Crippen LogP contribution in [0.25, 0.3) is 0 Å². The van der Waals surface area contributed by atoms with E-state index >= 15 is 0 Å². The van der Waals surface area contributed by atoms with Crippen molar-refractivity contribution in [3.63, 3.8) is 0 Å². The van der Waals surface area contributed by atoms with E-state index < -0.39 is 66.9 Å². The van der Waals surface area contributed by atoms with Gasteiger partial charge in [0, 0.05) is 12.8 Å². The zero-order valence-electron chi connectivity index (χ0n) is 19.4. The average Bonchev–Trinajstić information content (AvgIpc) is 2.79. The highest BCUT2D eigenvalue weighted by Crippen LogP contribution is 2.12. The van der Waals surface area contributed by atoms with Crippen molar-refractivity contribution >= 4 is 29.7 Å². The third kappa shape index (κ3) is 9.98. The lowest BCUT2D eigenvalue weighted by Gasteiger charge is -2.25. The van der Waals surface area contributed by atoms with Crippen LogP contribution in [0.5, 0.6) is 5.75 Å². The fraction of sp³-hybridized carbons (Fsp3) is 0.500. The molecule has 4 atom stereocenters. The van der Waals surface area contributed by atoms with Crippen LogP contribution in [0.4, 0.5) is 0 Å². The topological polar surface area (TPSA) is 228 Å². The van der Waals surface area contributed by atoms with E-state index in [-0.39, 0.29) is 24.5 Å². The van der Waals surface area contributed by atoms with E-state index in [1.54, 1.807) is 13.8 Å². The third-order valence-corrected chi connectivity index (χ3v) is 5.11. The van der Waals surface area contributed by atoms with Crippen molar-refractivity contribution in [1.29, 1.82) is 0 Å². The number of benzene rings is 1. The quantitative estimate of drug-likeness (QED) is 0.146. The number of hydrogen-bond donors (Lipinski definition) is 8. The van der Waals surface area contributed by atoms with Crippen LogP contribution >= 0.6 is 0 Å². The van der Waals surface area contributed by atoms with Crippen molar-refractivity contribution in [3.05, 3.63) is 29.8 Å². The molecule has 0 aromatic heterocycles. The van der Waals surface area contributed by atoms with Gasteiger partial charge in [0.2, 0.25) is 17.7 Å². The Bertz CT molecular complexity index is 905. The monoisotopic (exact) mass is 496 g/mol. The lowest BCUT2D eigenvalue weighted by Crippen LogP contribution is -2.58. The van der Waals surface area contributed by atoms with Gasteiger partial charge in [-0.2, -0.15) is 0 Å². The van der Waals surface area contributed by atoms with Gasteiger partial charge in [-0.1, -0.05) is 26.0 Å². The molecule has 0 bridgehead atoms. The first-order chi connectivity index (χ1) is 16.3. The molecule has 0 spiro atoms. The molecule has 0 heterocycles. The molecule has 13 heteroatoms. The van der Waals surface area contributed by atoms with Gasteiger partial charge in [0.05, 0.1) is 12.6 Å². The van der Waals surface area contributed by atoms with Gasteiger partial charge in [0.1, 0.15) is 23.9 Å². The number of aromatic hydroxyl groups is 1. The van der Waals surface area contributed by atoms with Gasteiger partial charge in [-0.3, -0.25) is 19.2 Å². The number of amides is 3. The maximum atomic E-state index is 13.1. The molecule has 1 aromatic carbocycles. The normalized spacial score (nSPS) is 14.3. The van der Waals surface area contributed by atoms with Crippen LogP contribution < -0.4 is 21.7 Å². The number of carboxylic acid groups (broad SMARTS) is 2. The van der Waals surface area contributed by atoms with Crippen LogP contribution in [0.1, 0.15) is 32.3 Å². The summed E-state index contributed by atoms with van der Waals surface area (Å²) in [6, 6.07) is 0.525. The number of carboxylic acids is 2. The van der Waals surface area contributed by atoms with Gasteiger partial charge in [-0.15, -0.1) is 0 Å². The van der Waals surface area contributed by atoms with Crippen molar-refractivity contribution in [3.8, 4) is 5.75 Å². The first-order valence-corrected chi connectivity index (χ1v) is 10.9. The van der Waals surface area contributed by atoms with Gasteiger partial charge >= 0.3 is 11.9 Å². The summed E-state index contributed by atoms with van der Waals surface area (Å²) >= 11 is 0. The molecule has 0 saturated heterocycles. The molecule has 9 N–H and O–H groups in total. The Balaban J connectivity index is 3.14. The Kier molecular flexibility index (Phi) is 11.6. The van der Waals surface area contributed by atoms with Crippen molar-refractivity contribution in [1.82, 2.24) is 16.0 Å². The number of aliphatic carboxylic acids is 2. The first-order valence-electron chi connectivity index (χ1n) is 10.9. The Labute approximate surface area is 201 Å². The Morgan fingerprint density at radius 2 is 1.37 bits per heavy atom. The number of carbonyl (C=O) groups is 5. The van der Waals surface area contributed by atoms with Crippen LogP contribution in [0.3, 0.4) is 0 Å². The van der Waals surface area contributed by atoms with E-state index in [0.29, 0.717) is 5.56 Å². The van der Waals surface area contributed by atoms with Crippen LogP contribution in [-0.4, -0.2) is 80.9 Å². The highest BCUT2D eigenvalue weighted by atomic mass is 16.4. The second kappa shape index (κ2) is 13.9. The highest BCUT2D eigenvalue weighted by molar-refractivity contribution is 5.94. The third-order valence-electron chi connectivity index (χ3n) is 5.11. The number of phenolic OH excluding ortho intramolecular Hbond substituents is 1. The first kappa shape index (κ1) is 29.3. The van der Waals surface area contributed by atoms with Gasteiger partial charge in [0.15, 0.2) is 0 Å². The molecule has 1 aromatic rings. The summed E-state index contributed by atoms with van der Waals surface area (Å²) in [4.78, 5) is 60.3. The summed E-state index contributed by atoms with van der Waals surface area (Å²) in [5.41, 5.74) is 6.42. The standard InChI is InChI=1S/C22H32N4O9/c1-11(2)18(23)21(33)25-15(9-12-3-5-13(28)6-4-12)20(32)24-14(7-8-17(29)30)19(31)26-16(10-27)22(34)35/h3-6,11,14-16,18,27-28H,7-10,23H2,1-2H3,(H,24,32)(H,25,33)(H,26,31)(H,29,30)(H,34,35). The highest BCUT2D eigenvalue weighted by Gasteiger charge is 2.31. The van der Waals surface area contributed by atoms with Crippen LogP contribution in [-0.2, 0) is 30.4 Å². The molecule has 1 rings (SSSR count). The summed E-state index contributed by atoms with van der Waals surface area (Å²) in [6.07, 6.45) is -0.956. The second-order valence-corrected chi connectivity index (χ2v) is 8.28. The molecule has 0 saturated carbocycles. The van der Waals surface area contributed by atoms with E-state index in [4.69, 9.17) is 21.1 Å².